The van der Waals surface area contributed by atoms with Gasteiger partial charge in [-0.3, -0.25) is 0 Å². The summed E-state index contributed by atoms with van der Waals surface area (Å²) in [6.07, 6.45) is 3.57. The van der Waals surface area contributed by atoms with Gasteiger partial charge in [-0.1, -0.05) is 24.3 Å². The molecule has 0 aliphatic heterocycles. The summed E-state index contributed by atoms with van der Waals surface area (Å²) >= 11 is 6.94. The van der Waals surface area contributed by atoms with Crippen LogP contribution in [-0.4, -0.2) is 37.5 Å². The second kappa shape index (κ2) is 9.49. The lowest BCUT2D eigenvalue weighted by molar-refractivity contribution is -0.0498. The standard InChI is InChI=1S/C23H16F2N6OS2/c24-22(25)32-18-10-8-15(9-11-18)21-27-28-23(33)31(21)26-13-16-14-30(17-5-2-1-3-6-17)29-20(16)19-7-4-12-34-19/h1-14,22H,(H,28,33). The van der Waals surface area contributed by atoms with Gasteiger partial charge in [0.15, 0.2) is 5.82 Å². The van der Waals surface area contributed by atoms with Crippen LogP contribution in [-0.2, 0) is 0 Å². The Balaban J connectivity index is 1.51. The SMILES string of the molecule is FC(F)Oc1ccc(-c2n[nH]c(=S)n2N=Cc2cn(-c3ccccc3)nc2-c2cccs2)cc1. The molecule has 2 aromatic carbocycles. The Morgan fingerprint density at radius 1 is 1.06 bits per heavy atom. The number of H-pyrrole nitrogens is 1. The fraction of sp³-hybridized carbons (Fsp3) is 0.0435. The zero-order valence-electron chi connectivity index (χ0n) is 17.4. The fourth-order valence-corrected chi connectivity index (χ4v) is 4.20. The lowest BCUT2D eigenvalue weighted by Crippen LogP contribution is -2.01. The number of rotatable bonds is 7. The Hall–Kier alpha value is -3.96. The minimum Gasteiger partial charge on any atom is -0.435 e. The highest BCUT2D eigenvalue weighted by molar-refractivity contribution is 7.71. The number of para-hydroxylation sites is 1. The average Bonchev–Trinajstić information content (AvgIpc) is 3.59. The van der Waals surface area contributed by atoms with Crippen molar-refractivity contribution in [2.45, 2.75) is 6.61 Å². The molecular formula is C23H16F2N6OS2. The van der Waals surface area contributed by atoms with Gasteiger partial charge in [-0.05, 0) is 60.1 Å². The van der Waals surface area contributed by atoms with E-state index >= 15 is 0 Å². The minimum absolute atomic E-state index is 0.0526. The Bertz CT molecular complexity index is 1470. The van der Waals surface area contributed by atoms with Crippen LogP contribution in [0.15, 0.2) is 83.4 Å². The van der Waals surface area contributed by atoms with Crippen LogP contribution in [0.4, 0.5) is 8.78 Å². The molecule has 11 heteroatoms. The van der Waals surface area contributed by atoms with Gasteiger partial charge >= 0.3 is 6.61 Å². The Kier molecular flexibility index (Phi) is 6.11. The van der Waals surface area contributed by atoms with E-state index in [1.165, 1.54) is 16.8 Å². The van der Waals surface area contributed by atoms with Crippen LogP contribution in [0.3, 0.4) is 0 Å². The van der Waals surface area contributed by atoms with Crippen LogP contribution in [0.2, 0.25) is 0 Å². The van der Waals surface area contributed by atoms with E-state index in [0.717, 1.165) is 21.8 Å². The number of aromatic nitrogens is 5. The lowest BCUT2D eigenvalue weighted by atomic mass is 10.2. The molecule has 0 saturated carbocycles. The molecule has 0 aliphatic carbocycles. The molecule has 0 bridgehead atoms. The van der Waals surface area contributed by atoms with Gasteiger partial charge in [-0.25, -0.2) is 9.78 Å². The number of alkyl halides is 2. The van der Waals surface area contributed by atoms with Crippen molar-refractivity contribution in [1.29, 1.82) is 0 Å². The first-order chi connectivity index (χ1) is 16.6. The fourth-order valence-electron chi connectivity index (χ4n) is 3.29. The normalized spacial score (nSPS) is 11.5. The second-order valence-electron chi connectivity index (χ2n) is 7.00. The minimum atomic E-state index is -2.89. The van der Waals surface area contributed by atoms with Crippen molar-refractivity contribution in [3.8, 4) is 33.4 Å². The Morgan fingerprint density at radius 2 is 1.85 bits per heavy atom. The first kappa shape index (κ1) is 21.9. The predicted octanol–water partition coefficient (Wildman–Crippen LogP) is 6.01. The van der Waals surface area contributed by atoms with Crippen LogP contribution < -0.4 is 4.74 Å². The molecule has 7 nitrogen and oxygen atoms in total. The van der Waals surface area contributed by atoms with Crippen LogP contribution in [0.1, 0.15) is 5.56 Å². The van der Waals surface area contributed by atoms with Gasteiger partial charge in [-0.2, -0.15) is 28.8 Å². The molecule has 5 rings (SSSR count). The van der Waals surface area contributed by atoms with Crippen LogP contribution in [0.5, 0.6) is 5.75 Å². The second-order valence-corrected chi connectivity index (χ2v) is 8.34. The molecule has 0 spiro atoms. The molecule has 3 heterocycles. The number of halogens is 2. The van der Waals surface area contributed by atoms with Gasteiger partial charge in [0.05, 0.1) is 16.8 Å². The first-order valence-electron chi connectivity index (χ1n) is 10.0. The molecule has 0 unspecified atom stereocenters. The van der Waals surface area contributed by atoms with Crippen LogP contribution >= 0.6 is 23.6 Å². The molecule has 170 valence electrons. The molecule has 0 fully saturated rings. The molecule has 0 atom stereocenters. The van der Waals surface area contributed by atoms with E-state index in [4.69, 9.17) is 17.3 Å². The van der Waals surface area contributed by atoms with E-state index in [0.29, 0.717) is 11.4 Å². The Labute approximate surface area is 201 Å². The maximum absolute atomic E-state index is 12.4. The predicted molar refractivity (Wildman–Crippen MR) is 129 cm³/mol. The van der Waals surface area contributed by atoms with Gasteiger partial charge in [0, 0.05) is 17.3 Å². The molecule has 5 aromatic rings. The highest BCUT2D eigenvalue weighted by atomic mass is 32.1. The van der Waals surface area contributed by atoms with Crippen molar-refractivity contribution < 1.29 is 13.5 Å². The topological polar surface area (TPSA) is 73.0 Å². The summed E-state index contributed by atoms with van der Waals surface area (Å²) < 4.78 is 32.8. The maximum Gasteiger partial charge on any atom is 0.387 e. The van der Waals surface area contributed by atoms with Gasteiger partial charge in [-0.15, -0.1) is 11.3 Å². The summed E-state index contributed by atoms with van der Waals surface area (Å²) in [5.41, 5.74) is 3.13. The van der Waals surface area contributed by atoms with E-state index in [-0.39, 0.29) is 10.5 Å². The number of hydrogen-bond donors (Lipinski definition) is 1. The smallest absolute Gasteiger partial charge is 0.387 e. The van der Waals surface area contributed by atoms with Crippen LogP contribution in [0.25, 0.3) is 27.6 Å². The third-order valence-corrected chi connectivity index (χ3v) is 5.96. The average molecular weight is 495 g/mol. The van der Waals surface area contributed by atoms with Crippen LogP contribution in [0, 0.1) is 4.77 Å². The van der Waals surface area contributed by atoms with Crippen molar-refractivity contribution in [2.24, 2.45) is 5.10 Å². The number of ether oxygens (including phenoxy) is 1. The monoisotopic (exact) mass is 494 g/mol. The van der Waals surface area contributed by atoms with E-state index in [1.54, 1.807) is 34.4 Å². The van der Waals surface area contributed by atoms with E-state index in [1.807, 2.05) is 54.0 Å². The van der Waals surface area contributed by atoms with Gasteiger partial charge in [0.1, 0.15) is 11.4 Å². The number of nitrogens with one attached hydrogen (secondary N) is 1. The summed E-state index contributed by atoms with van der Waals surface area (Å²) in [6, 6.07) is 19.8. The molecule has 0 radical (unpaired) electrons. The molecule has 0 aliphatic rings. The lowest BCUT2D eigenvalue weighted by Gasteiger charge is -2.05. The van der Waals surface area contributed by atoms with Crippen molar-refractivity contribution in [2.75, 3.05) is 0 Å². The molecule has 0 saturated heterocycles. The number of aromatic amines is 1. The summed E-state index contributed by atoms with van der Waals surface area (Å²) in [5.74, 6) is 0.481. The summed E-state index contributed by atoms with van der Waals surface area (Å²) in [5, 5.41) is 18.3. The summed E-state index contributed by atoms with van der Waals surface area (Å²) in [7, 11) is 0. The molecular weight excluding hydrogens is 478 g/mol. The first-order valence-corrected chi connectivity index (χ1v) is 11.3. The number of hydrogen-bond acceptors (Lipinski definition) is 6. The third kappa shape index (κ3) is 4.56. The summed E-state index contributed by atoms with van der Waals surface area (Å²) in [4.78, 5) is 1.00. The maximum atomic E-state index is 12.4. The number of benzene rings is 2. The molecule has 34 heavy (non-hydrogen) atoms. The van der Waals surface area contributed by atoms with Crippen molar-refractivity contribution in [3.05, 3.63) is 88.6 Å². The molecule has 3 aromatic heterocycles. The van der Waals surface area contributed by atoms with Gasteiger partial charge in [0.25, 0.3) is 0 Å². The molecule has 0 amide bonds. The zero-order chi connectivity index (χ0) is 23.5. The quantitative estimate of drug-likeness (QED) is 0.222. The highest BCUT2D eigenvalue weighted by Crippen LogP contribution is 2.27. The largest absolute Gasteiger partial charge is 0.435 e. The number of thiophene rings is 1. The highest BCUT2D eigenvalue weighted by Gasteiger charge is 2.14. The van der Waals surface area contributed by atoms with E-state index in [2.05, 4.69) is 20.0 Å². The summed E-state index contributed by atoms with van der Waals surface area (Å²) in [6.45, 7) is -2.89. The van der Waals surface area contributed by atoms with Crippen molar-refractivity contribution in [3.63, 3.8) is 0 Å². The van der Waals surface area contributed by atoms with Crippen molar-refractivity contribution in [1.82, 2.24) is 24.7 Å². The van der Waals surface area contributed by atoms with E-state index in [9.17, 15) is 8.78 Å². The third-order valence-electron chi connectivity index (χ3n) is 4.82. The van der Waals surface area contributed by atoms with Gasteiger partial charge < -0.3 is 4.74 Å². The Morgan fingerprint density at radius 3 is 2.56 bits per heavy atom. The zero-order valence-corrected chi connectivity index (χ0v) is 19.0. The van der Waals surface area contributed by atoms with Crippen molar-refractivity contribution >= 4 is 29.8 Å². The van der Waals surface area contributed by atoms with E-state index < -0.39 is 6.61 Å². The number of nitrogens with zero attached hydrogens (tertiary/aromatic N) is 5. The molecule has 1 N–H and O–H groups in total. The van der Waals surface area contributed by atoms with Gasteiger partial charge in [0.2, 0.25) is 4.77 Å².